The number of rotatable bonds is 9. The van der Waals surface area contributed by atoms with Crippen molar-refractivity contribution in [3.8, 4) is 39.5 Å². The molecule has 170 valence electrons. The Balaban J connectivity index is 1.69. The predicted molar refractivity (Wildman–Crippen MR) is 130 cm³/mol. The van der Waals surface area contributed by atoms with Gasteiger partial charge in [-0.05, 0) is 66.4 Å². The number of hydrogen-bond acceptors (Lipinski definition) is 5. The summed E-state index contributed by atoms with van der Waals surface area (Å²) in [7, 11) is 0. The van der Waals surface area contributed by atoms with Crippen LogP contribution in [0.25, 0.3) is 33.8 Å². The molecule has 7 heteroatoms. The maximum absolute atomic E-state index is 13.2. The number of tetrazole rings is 1. The van der Waals surface area contributed by atoms with Gasteiger partial charge in [0, 0.05) is 11.3 Å². The Morgan fingerprint density at radius 1 is 0.939 bits per heavy atom. The summed E-state index contributed by atoms with van der Waals surface area (Å²) >= 11 is 0. The summed E-state index contributed by atoms with van der Waals surface area (Å²) in [5, 5.41) is 14.1. The van der Waals surface area contributed by atoms with Gasteiger partial charge in [-0.1, -0.05) is 56.0 Å². The molecule has 0 aliphatic carbocycles. The summed E-state index contributed by atoms with van der Waals surface area (Å²) in [6.07, 6.45) is 4.68. The van der Waals surface area contributed by atoms with Crippen molar-refractivity contribution in [1.82, 2.24) is 25.6 Å². The Morgan fingerprint density at radius 3 is 2.42 bits per heavy atom. The quantitative estimate of drug-likeness (QED) is 0.335. The van der Waals surface area contributed by atoms with Crippen LogP contribution in [0.4, 0.5) is 0 Å². The third-order valence-electron chi connectivity index (χ3n) is 5.71. The molecule has 0 fully saturated rings. The molecule has 0 spiro atoms. The second-order valence-corrected chi connectivity index (χ2v) is 8.29. The van der Waals surface area contributed by atoms with Crippen molar-refractivity contribution in [3.05, 3.63) is 70.0 Å². The highest BCUT2D eigenvalue weighted by molar-refractivity contribution is 5.83. The van der Waals surface area contributed by atoms with Gasteiger partial charge < -0.3 is 9.72 Å². The number of aryl methyl sites for hydroxylation is 2. The van der Waals surface area contributed by atoms with E-state index in [0.29, 0.717) is 12.2 Å². The van der Waals surface area contributed by atoms with Crippen LogP contribution in [-0.4, -0.2) is 32.2 Å². The van der Waals surface area contributed by atoms with E-state index >= 15 is 0 Å². The highest BCUT2D eigenvalue weighted by Gasteiger charge is 2.18. The molecule has 0 saturated carbocycles. The van der Waals surface area contributed by atoms with E-state index in [9.17, 15) is 4.79 Å². The number of ether oxygens (including phenoxy) is 1. The van der Waals surface area contributed by atoms with E-state index in [1.54, 1.807) is 0 Å². The minimum absolute atomic E-state index is 0.265. The molecule has 2 aromatic carbocycles. The number of nitrogens with zero attached hydrogens (tertiary/aromatic N) is 3. The van der Waals surface area contributed by atoms with Crippen LogP contribution in [0.1, 0.15) is 43.7 Å². The average molecular weight is 444 g/mol. The molecule has 0 atom stereocenters. The molecular formula is C26H29N5O2. The predicted octanol–water partition coefficient (Wildman–Crippen LogP) is 5.46. The van der Waals surface area contributed by atoms with E-state index in [1.807, 2.05) is 62.4 Å². The molecule has 2 heterocycles. The number of aromatic nitrogens is 5. The van der Waals surface area contributed by atoms with Crippen LogP contribution in [0.15, 0.2) is 53.3 Å². The summed E-state index contributed by atoms with van der Waals surface area (Å²) < 4.78 is 5.97. The second-order valence-electron chi connectivity index (χ2n) is 8.29. The summed E-state index contributed by atoms with van der Waals surface area (Å²) in [5.41, 5.74) is 5.60. The SMILES string of the molecule is CCCCCCOc1ccc(-c2cc(-c3ccc(C)cc3)c(-c3nn[nH]n3)c(=O)[nH]2)cc1C. The third-order valence-corrected chi connectivity index (χ3v) is 5.71. The normalized spacial score (nSPS) is 11.0. The summed E-state index contributed by atoms with van der Waals surface area (Å²) in [4.78, 5) is 16.1. The zero-order chi connectivity index (χ0) is 23.2. The van der Waals surface area contributed by atoms with Crippen molar-refractivity contribution in [2.75, 3.05) is 6.61 Å². The molecule has 0 amide bonds. The number of unbranched alkanes of at least 4 members (excludes halogenated alkanes) is 3. The maximum Gasteiger partial charge on any atom is 0.260 e. The second kappa shape index (κ2) is 10.3. The van der Waals surface area contributed by atoms with Crippen molar-refractivity contribution < 1.29 is 4.74 Å². The van der Waals surface area contributed by atoms with Crippen molar-refractivity contribution in [2.24, 2.45) is 0 Å². The average Bonchev–Trinajstić information content (AvgIpc) is 3.34. The lowest BCUT2D eigenvalue weighted by Gasteiger charge is -2.13. The van der Waals surface area contributed by atoms with Crippen LogP contribution >= 0.6 is 0 Å². The summed E-state index contributed by atoms with van der Waals surface area (Å²) in [5.74, 6) is 1.14. The molecular weight excluding hydrogens is 414 g/mol. The lowest BCUT2D eigenvalue weighted by Crippen LogP contribution is -2.13. The molecule has 0 radical (unpaired) electrons. The molecule has 0 unspecified atom stereocenters. The van der Waals surface area contributed by atoms with Gasteiger partial charge in [0.1, 0.15) is 5.75 Å². The Kier molecular flexibility index (Phi) is 6.98. The first-order valence-electron chi connectivity index (χ1n) is 11.4. The van der Waals surface area contributed by atoms with E-state index in [2.05, 4.69) is 32.5 Å². The number of hydrogen-bond donors (Lipinski definition) is 2. The molecule has 4 rings (SSSR count). The first-order valence-corrected chi connectivity index (χ1v) is 11.4. The van der Waals surface area contributed by atoms with Crippen molar-refractivity contribution >= 4 is 0 Å². The van der Waals surface area contributed by atoms with Crippen LogP contribution in [-0.2, 0) is 0 Å². The largest absolute Gasteiger partial charge is 0.493 e. The van der Waals surface area contributed by atoms with Gasteiger partial charge in [-0.3, -0.25) is 4.79 Å². The zero-order valence-electron chi connectivity index (χ0n) is 19.3. The van der Waals surface area contributed by atoms with Gasteiger partial charge in [-0.2, -0.15) is 5.21 Å². The summed E-state index contributed by atoms with van der Waals surface area (Å²) in [6.45, 7) is 6.97. The van der Waals surface area contributed by atoms with Crippen LogP contribution in [0.5, 0.6) is 5.75 Å². The third kappa shape index (κ3) is 5.19. The van der Waals surface area contributed by atoms with Gasteiger partial charge in [0.15, 0.2) is 0 Å². The van der Waals surface area contributed by atoms with Crippen LogP contribution in [0.3, 0.4) is 0 Å². The lowest BCUT2D eigenvalue weighted by molar-refractivity contribution is 0.303. The molecule has 2 N–H and O–H groups in total. The Labute approximate surface area is 193 Å². The zero-order valence-corrected chi connectivity index (χ0v) is 19.3. The van der Waals surface area contributed by atoms with Crippen LogP contribution in [0.2, 0.25) is 0 Å². The lowest BCUT2D eigenvalue weighted by atomic mass is 9.97. The molecule has 0 aliphatic rings. The first-order chi connectivity index (χ1) is 16.1. The number of H-pyrrole nitrogens is 2. The van der Waals surface area contributed by atoms with Gasteiger partial charge in [-0.25, -0.2) is 0 Å². The maximum atomic E-state index is 13.2. The molecule has 0 saturated heterocycles. The van der Waals surface area contributed by atoms with E-state index in [0.717, 1.165) is 45.7 Å². The first kappa shape index (κ1) is 22.5. The summed E-state index contributed by atoms with van der Waals surface area (Å²) in [6, 6.07) is 16.0. The number of benzene rings is 2. The van der Waals surface area contributed by atoms with Gasteiger partial charge in [0.2, 0.25) is 5.82 Å². The highest BCUT2D eigenvalue weighted by Crippen LogP contribution is 2.32. The topological polar surface area (TPSA) is 96.6 Å². The van der Waals surface area contributed by atoms with Crippen LogP contribution < -0.4 is 10.3 Å². The van der Waals surface area contributed by atoms with Crippen molar-refractivity contribution in [1.29, 1.82) is 0 Å². The monoisotopic (exact) mass is 443 g/mol. The fraction of sp³-hybridized carbons (Fsp3) is 0.308. The molecule has 33 heavy (non-hydrogen) atoms. The standard InChI is InChI=1S/C26H29N5O2/c1-4-5-6-7-14-33-23-13-12-20(15-18(23)3)22-16-21(19-10-8-17(2)9-11-19)24(26(32)27-22)25-28-30-31-29-25/h8-13,15-16H,4-7,14H2,1-3H3,(H,27,32)(H,28,29,30,31). The van der Waals surface area contributed by atoms with Gasteiger partial charge in [-0.15, -0.1) is 10.2 Å². The Bertz CT molecular complexity index is 1260. The highest BCUT2D eigenvalue weighted by atomic mass is 16.5. The Hall–Kier alpha value is -3.74. The minimum atomic E-state index is -0.265. The Morgan fingerprint density at radius 2 is 1.73 bits per heavy atom. The van der Waals surface area contributed by atoms with E-state index < -0.39 is 0 Å². The van der Waals surface area contributed by atoms with E-state index in [4.69, 9.17) is 4.74 Å². The van der Waals surface area contributed by atoms with E-state index in [1.165, 1.54) is 19.3 Å². The van der Waals surface area contributed by atoms with E-state index in [-0.39, 0.29) is 11.4 Å². The fourth-order valence-corrected chi connectivity index (χ4v) is 3.86. The van der Waals surface area contributed by atoms with Crippen molar-refractivity contribution in [2.45, 2.75) is 46.5 Å². The fourth-order valence-electron chi connectivity index (χ4n) is 3.86. The number of aromatic amines is 2. The molecule has 4 aromatic rings. The molecule has 2 aromatic heterocycles. The molecule has 0 aliphatic heterocycles. The van der Waals surface area contributed by atoms with Crippen LogP contribution in [0, 0.1) is 13.8 Å². The molecule has 0 bridgehead atoms. The van der Waals surface area contributed by atoms with Gasteiger partial charge >= 0.3 is 0 Å². The number of nitrogens with one attached hydrogen (secondary N) is 2. The minimum Gasteiger partial charge on any atom is -0.493 e. The number of pyridine rings is 1. The van der Waals surface area contributed by atoms with Gasteiger partial charge in [0.25, 0.3) is 5.56 Å². The van der Waals surface area contributed by atoms with Gasteiger partial charge in [0.05, 0.1) is 12.2 Å². The molecule has 7 nitrogen and oxygen atoms in total. The van der Waals surface area contributed by atoms with Crippen molar-refractivity contribution in [3.63, 3.8) is 0 Å². The smallest absolute Gasteiger partial charge is 0.260 e.